The third kappa shape index (κ3) is 10.7. The highest BCUT2D eigenvalue weighted by atomic mass is 35.5. The molecule has 0 unspecified atom stereocenters. The lowest BCUT2D eigenvalue weighted by Gasteiger charge is -2.18. The van der Waals surface area contributed by atoms with E-state index < -0.39 is 10.4 Å². The number of likely N-dealkylation sites (N-methyl/N-ethyl adjacent to an activating group) is 1. The fourth-order valence-electron chi connectivity index (χ4n) is 2.71. The van der Waals surface area contributed by atoms with Crippen LogP contribution in [0.2, 0.25) is 5.02 Å². The van der Waals surface area contributed by atoms with Crippen molar-refractivity contribution < 1.29 is 22.6 Å². The number of anilines is 1. The minimum absolute atomic E-state index is 0.245. The van der Waals surface area contributed by atoms with E-state index in [1.54, 1.807) is 0 Å². The van der Waals surface area contributed by atoms with E-state index >= 15 is 0 Å². The average molecular weight is 434 g/mol. The fourth-order valence-corrected chi connectivity index (χ4v) is 2.87. The third-order valence-corrected chi connectivity index (χ3v) is 4.27. The van der Waals surface area contributed by atoms with Crippen LogP contribution in [0.1, 0.15) is 26.2 Å². The summed E-state index contributed by atoms with van der Waals surface area (Å²) in [4.78, 5) is 6.64. The number of hydrogen-bond acceptors (Lipinski definition) is 6. The molecule has 2 rings (SSSR count). The van der Waals surface area contributed by atoms with Crippen LogP contribution in [0.5, 0.6) is 0 Å². The molecule has 0 saturated carbocycles. The molecule has 0 aliphatic heterocycles. The van der Waals surface area contributed by atoms with Gasteiger partial charge in [0.05, 0.1) is 12.1 Å². The Balaban J connectivity index is 0.000000696. The Bertz CT molecular complexity index is 812. The zero-order chi connectivity index (χ0) is 21.0. The summed E-state index contributed by atoms with van der Waals surface area (Å²) in [6, 6.07) is 7.82. The first-order valence-corrected chi connectivity index (χ1v) is 10.8. The van der Waals surface area contributed by atoms with Crippen molar-refractivity contribution in [2.45, 2.75) is 26.2 Å². The molecule has 0 aliphatic carbocycles. The second kappa shape index (κ2) is 12.9. The van der Waals surface area contributed by atoms with Gasteiger partial charge in [0.25, 0.3) is 0 Å². The smallest absolute Gasteiger partial charge is 0.394 e. The zero-order valence-corrected chi connectivity index (χ0v) is 17.5. The van der Waals surface area contributed by atoms with Gasteiger partial charge in [0.1, 0.15) is 0 Å². The van der Waals surface area contributed by atoms with E-state index in [0.717, 1.165) is 49.2 Å². The van der Waals surface area contributed by atoms with E-state index in [0.29, 0.717) is 5.02 Å². The van der Waals surface area contributed by atoms with Crippen molar-refractivity contribution in [2.75, 3.05) is 38.1 Å². The topological polar surface area (TPSA) is 123 Å². The van der Waals surface area contributed by atoms with E-state index in [1.807, 2.05) is 30.5 Å². The van der Waals surface area contributed by atoms with E-state index in [2.05, 4.69) is 22.1 Å². The minimum atomic E-state index is -4.67. The van der Waals surface area contributed by atoms with Gasteiger partial charge in [-0.1, -0.05) is 24.9 Å². The molecule has 0 atom stereocenters. The number of hydrogen-bond donors (Lipinski definition) is 4. The Labute approximate surface area is 171 Å². The van der Waals surface area contributed by atoms with Crippen molar-refractivity contribution in [2.24, 2.45) is 0 Å². The van der Waals surface area contributed by atoms with Crippen LogP contribution in [-0.2, 0) is 10.4 Å². The van der Waals surface area contributed by atoms with Gasteiger partial charge >= 0.3 is 10.4 Å². The molecule has 2 aromatic rings. The van der Waals surface area contributed by atoms with Gasteiger partial charge in [-0.3, -0.25) is 14.1 Å². The van der Waals surface area contributed by atoms with Crippen LogP contribution in [0.3, 0.4) is 0 Å². The van der Waals surface area contributed by atoms with Crippen LogP contribution >= 0.6 is 11.6 Å². The van der Waals surface area contributed by atoms with Crippen molar-refractivity contribution in [3.8, 4) is 0 Å². The van der Waals surface area contributed by atoms with Crippen molar-refractivity contribution in [1.82, 2.24) is 9.88 Å². The van der Waals surface area contributed by atoms with Crippen LogP contribution in [0.15, 0.2) is 30.5 Å². The molecule has 0 spiro atoms. The summed E-state index contributed by atoms with van der Waals surface area (Å²) in [6.45, 7) is 6.18. The predicted octanol–water partition coefficient (Wildman–Crippen LogP) is 3.13. The number of unbranched alkanes of at least 4 members (excludes halogenated alkanes) is 2. The number of aromatic nitrogens is 1. The van der Waals surface area contributed by atoms with Gasteiger partial charge in [0, 0.05) is 35.4 Å². The molecular formula is C18H28ClN3O5S. The van der Waals surface area contributed by atoms with Crippen molar-refractivity contribution in [3.05, 3.63) is 35.5 Å². The highest BCUT2D eigenvalue weighted by Gasteiger charge is 2.03. The Morgan fingerprint density at radius 2 is 1.86 bits per heavy atom. The molecule has 158 valence electrons. The maximum atomic E-state index is 8.97. The van der Waals surface area contributed by atoms with Crippen molar-refractivity contribution >= 4 is 38.6 Å². The molecule has 0 fully saturated rings. The SMILES string of the molecule is CCN(CCO)CCCCCNc1ccnc2cc(Cl)ccc12.O=S(=O)(O)O. The molecule has 28 heavy (non-hydrogen) atoms. The van der Waals surface area contributed by atoms with Gasteiger partial charge in [0.15, 0.2) is 0 Å². The van der Waals surface area contributed by atoms with E-state index in [1.165, 1.54) is 12.8 Å². The average Bonchev–Trinajstić information content (AvgIpc) is 2.62. The fraction of sp³-hybridized carbons (Fsp3) is 0.500. The maximum Gasteiger partial charge on any atom is 0.394 e. The Morgan fingerprint density at radius 1 is 1.14 bits per heavy atom. The van der Waals surface area contributed by atoms with Gasteiger partial charge in [-0.05, 0) is 50.2 Å². The Morgan fingerprint density at radius 3 is 2.50 bits per heavy atom. The molecule has 0 radical (unpaired) electrons. The van der Waals surface area contributed by atoms with Crippen LogP contribution < -0.4 is 5.32 Å². The standard InChI is InChI=1S/C18H26ClN3O.H2O4S/c1-2-22(12-13-23)11-5-3-4-9-20-17-8-10-21-18-14-15(19)6-7-16(17)18;1-5(2,3)4/h6-8,10,14,23H,2-5,9,11-13H2,1H3,(H,20,21);(H2,1,2,3,4). The van der Waals surface area contributed by atoms with Gasteiger partial charge in [-0.2, -0.15) is 8.42 Å². The second-order valence-corrected chi connectivity index (χ2v) is 7.45. The highest BCUT2D eigenvalue weighted by Crippen LogP contribution is 2.24. The Hall–Kier alpha value is -1.49. The summed E-state index contributed by atoms with van der Waals surface area (Å²) in [5.41, 5.74) is 2.03. The van der Waals surface area contributed by atoms with Crippen molar-refractivity contribution in [1.29, 1.82) is 0 Å². The molecule has 1 aromatic heterocycles. The summed E-state index contributed by atoms with van der Waals surface area (Å²) >= 11 is 6.01. The summed E-state index contributed by atoms with van der Waals surface area (Å²) < 4.78 is 31.6. The van der Waals surface area contributed by atoms with Crippen molar-refractivity contribution in [3.63, 3.8) is 0 Å². The lowest BCUT2D eigenvalue weighted by Crippen LogP contribution is -2.27. The number of rotatable bonds is 10. The highest BCUT2D eigenvalue weighted by molar-refractivity contribution is 7.79. The van der Waals surface area contributed by atoms with E-state index in [9.17, 15) is 0 Å². The molecule has 8 nitrogen and oxygen atoms in total. The normalized spacial score (nSPS) is 11.4. The maximum absolute atomic E-state index is 8.97. The summed E-state index contributed by atoms with van der Waals surface area (Å²) in [7, 11) is -4.67. The predicted molar refractivity (Wildman–Crippen MR) is 112 cm³/mol. The van der Waals surface area contributed by atoms with E-state index in [4.69, 9.17) is 34.2 Å². The number of pyridine rings is 1. The van der Waals surface area contributed by atoms with Gasteiger partial charge in [-0.25, -0.2) is 0 Å². The molecular weight excluding hydrogens is 406 g/mol. The summed E-state index contributed by atoms with van der Waals surface area (Å²) in [5.74, 6) is 0. The molecule has 4 N–H and O–H groups in total. The number of nitrogens with zero attached hydrogens (tertiary/aromatic N) is 2. The Kier molecular flexibility index (Phi) is 11.3. The summed E-state index contributed by atoms with van der Waals surface area (Å²) in [6.07, 6.45) is 5.30. The van der Waals surface area contributed by atoms with E-state index in [-0.39, 0.29) is 6.61 Å². The summed E-state index contributed by atoms with van der Waals surface area (Å²) in [5, 5.41) is 14.3. The molecule has 0 saturated heterocycles. The third-order valence-electron chi connectivity index (χ3n) is 4.03. The van der Waals surface area contributed by atoms with Crippen LogP contribution in [0.25, 0.3) is 10.9 Å². The number of aliphatic hydroxyl groups excluding tert-OH is 1. The molecule has 1 aromatic carbocycles. The molecule has 10 heteroatoms. The minimum Gasteiger partial charge on any atom is -0.395 e. The largest absolute Gasteiger partial charge is 0.395 e. The first-order chi connectivity index (χ1) is 13.2. The number of halogens is 1. The quantitative estimate of drug-likeness (QED) is 0.333. The van der Waals surface area contributed by atoms with Gasteiger partial charge < -0.3 is 15.3 Å². The lowest BCUT2D eigenvalue weighted by molar-refractivity contribution is 0.199. The lowest BCUT2D eigenvalue weighted by atomic mass is 10.1. The van der Waals surface area contributed by atoms with Crippen LogP contribution in [-0.4, -0.2) is 65.3 Å². The van der Waals surface area contributed by atoms with Gasteiger partial charge in [0.2, 0.25) is 0 Å². The van der Waals surface area contributed by atoms with Crippen LogP contribution in [0.4, 0.5) is 5.69 Å². The number of aliphatic hydroxyl groups is 1. The molecule has 0 bridgehead atoms. The number of benzene rings is 1. The molecule has 0 amide bonds. The second-order valence-electron chi connectivity index (χ2n) is 6.11. The first kappa shape index (κ1) is 24.5. The molecule has 0 aliphatic rings. The number of fused-ring (bicyclic) bond motifs is 1. The van der Waals surface area contributed by atoms with Gasteiger partial charge in [-0.15, -0.1) is 0 Å². The molecule has 1 heterocycles. The van der Waals surface area contributed by atoms with Crippen LogP contribution in [0, 0.1) is 0 Å². The first-order valence-electron chi connectivity index (χ1n) is 9.05. The number of nitrogens with one attached hydrogen (secondary N) is 1. The zero-order valence-electron chi connectivity index (χ0n) is 15.9. The monoisotopic (exact) mass is 433 g/mol.